The van der Waals surface area contributed by atoms with E-state index in [2.05, 4.69) is 40.5 Å². The van der Waals surface area contributed by atoms with Crippen LogP contribution in [0.1, 0.15) is 24.3 Å². The van der Waals surface area contributed by atoms with Gasteiger partial charge in [-0.25, -0.2) is 0 Å². The van der Waals surface area contributed by atoms with Crippen LogP contribution in [0.3, 0.4) is 0 Å². The summed E-state index contributed by atoms with van der Waals surface area (Å²) in [5, 5.41) is 4.82. The molecule has 0 amide bonds. The molecule has 26 heavy (non-hydrogen) atoms. The van der Waals surface area contributed by atoms with Gasteiger partial charge in [0, 0.05) is 10.6 Å². The Morgan fingerprint density at radius 2 is 1.73 bits per heavy atom. The molecule has 0 unspecified atom stereocenters. The first-order valence-electron chi connectivity index (χ1n) is 9.22. The molecule has 1 saturated heterocycles. The first-order valence-corrected chi connectivity index (χ1v) is 9.60. The molecule has 134 valence electrons. The molecule has 0 radical (unpaired) electrons. The summed E-state index contributed by atoms with van der Waals surface area (Å²) < 4.78 is 5.46. The second-order valence-electron chi connectivity index (χ2n) is 7.08. The number of piperidine rings is 1. The number of aromatic nitrogens is 2. The van der Waals surface area contributed by atoms with Crippen LogP contribution < -0.4 is 4.90 Å². The van der Waals surface area contributed by atoms with Gasteiger partial charge in [0.15, 0.2) is 6.54 Å². The summed E-state index contributed by atoms with van der Waals surface area (Å²) in [6.07, 6.45) is 3.69. The number of nitrogens with zero attached hydrogens (tertiary/aromatic N) is 2. The van der Waals surface area contributed by atoms with Crippen molar-refractivity contribution < 1.29 is 9.42 Å². The minimum Gasteiger partial charge on any atom is -0.333 e. The highest BCUT2D eigenvalue weighted by molar-refractivity contribution is 6.30. The standard InChI is InChI=1S/C21H22ClN3O/c22-19-8-6-18(7-9-19)21-23-20(26-24-21)15-25-12-10-17(11-13-25)14-16-4-2-1-3-5-16/h1-9,17H,10-15H2/p+1. The van der Waals surface area contributed by atoms with Gasteiger partial charge < -0.3 is 9.42 Å². The van der Waals surface area contributed by atoms with Gasteiger partial charge in [0.05, 0.1) is 13.1 Å². The third-order valence-electron chi connectivity index (χ3n) is 5.15. The monoisotopic (exact) mass is 368 g/mol. The van der Waals surface area contributed by atoms with Gasteiger partial charge in [0.2, 0.25) is 5.82 Å². The fourth-order valence-corrected chi connectivity index (χ4v) is 3.80. The number of quaternary nitrogens is 1. The average Bonchev–Trinajstić information content (AvgIpc) is 3.13. The van der Waals surface area contributed by atoms with Crippen molar-refractivity contribution in [2.45, 2.75) is 25.8 Å². The molecule has 1 fully saturated rings. The zero-order valence-corrected chi connectivity index (χ0v) is 15.5. The second kappa shape index (κ2) is 8.02. The van der Waals surface area contributed by atoms with Crippen molar-refractivity contribution in [1.82, 2.24) is 10.1 Å². The van der Waals surface area contributed by atoms with E-state index in [4.69, 9.17) is 16.1 Å². The number of halogens is 1. The van der Waals surface area contributed by atoms with E-state index < -0.39 is 0 Å². The van der Waals surface area contributed by atoms with Gasteiger partial charge in [0.25, 0.3) is 5.89 Å². The van der Waals surface area contributed by atoms with Gasteiger partial charge >= 0.3 is 0 Å². The zero-order valence-electron chi connectivity index (χ0n) is 14.7. The molecule has 0 atom stereocenters. The maximum Gasteiger partial charge on any atom is 0.282 e. The molecule has 1 aliphatic rings. The third-order valence-corrected chi connectivity index (χ3v) is 5.40. The van der Waals surface area contributed by atoms with E-state index >= 15 is 0 Å². The summed E-state index contributed by atoms with van der Waals surface area (Å²) >= 11 is 5.93. The van der Waals surface area contributed by atoms with Gasteiger partial charge in [-0.05, 0) is 55.0 Å². The van der Waals surface area contributed by atoms with Gasteiger partial charge in [-0.2, -0.15) is 4.98 Å². The lowest BCUT2D eigenvalue weighted by atomic mass is 9.90. The molecule has 5 heteroatoms. The van der Waals surface area contributed by atoms with Crippen LogP contribution in [0.15, 0.2) is 59.1 Å². The van der Waals surface area contributed by atoms with Gasteiger partial charge in [-0.1, -0.05) is 47.1 Å². The molecule has 1 aliphatic heterocycles. The van der Waals surface area contributed by atoms with E-state index in [1.165, 1.54) is 29.7 Å². The van der Waals surface area contributed by atoms with Crippen LogP contribution in [-0.4, -0.2) is 23.2 Å². The second-order valence-corrected chi connectivity index (χ2v) is 7.51. The maximum absolute atomic E-state index is 5.93. The molecule has 4 nitrogen and oxygen atoms in total. The summed E-state index contributed by atoms with van der Waals surface area (Å²) in [4.78, 5) is 6.08. The Kier molecular flexibility index (Phi) is 5.32. The fraction of sp³-hybridized carbons (Fsp3) is 0.333. The topological polar surface area (TPSA) is 43.4 Å². The van der Waals surface area contributed by atoms with Crippen molar-refractivity contribution in [2.24, 2.45) is 5.92 Å². The number of benzene rings is 2. The zero-order chi connectivity index (χ0) is 17.8. The van der Waals surface area contributed by atoms with Crippen LogP contribution in [0.4, 0.5) is 0 Å². The van der Waals surface area contributed by atoms with Crippen LogP contribution >= 0.6 is 11.6 Å². The average molecular weight is 369 g/mol. The summed E-state index contributed by atoms with van der Waals surface area (Å²) in [6, 6.07) is 18.3. The smallest absolute Gasteiger partial charge is 0.282 e. The van der Waals surface area contributed by atoms with Crippen molar-refractivity contribution in [2.75, 3.05) is 13.1 Å². The van der Waals surface area contributed by atoms with E-state index in [1.54, 1.807) is 0 Å². The molecule has 1 aromatic heterocycles. The van der Waals surface area contributed by atoms with Crippen LogP contribution in [0.2, 0.25) is 5.02 Å². The lowest BCUT2D eigenvalue weighted by molar-refractivity contribution is -0.921. The van der Waals surface area contributed by atoms with E-state index in [0.717, 1.165) is 31.1 Å². The quantitative estimate of drug-likeness (QED) is 0.750. The first kappa shape index (κ1) is 17.3. The number of hydrogen-bond acceptors (Lipinski definition) is 3. The van der Waals surface area contributed by atoms with Crippen molar-refractivity contribution in [3.8, 4) is 11.4 Å². The molecule has 0 aliphatic carbocycles. The summed E-state index contributed by atoms with van der Waals surface area (Å²) in [6.45, 7) is 3.13. The number of likely N-dealkylation sites (tertiary alicyclic amines) is 1. The van der Waals surface area contributed by atoms with Gasteiger partial charge in [0.1, 0.15) is 0 Å². The van der Waals surface area contributed by atoms with E-state index in [-0.39, 0.29) is 0 Å². The Morgan fingerprint density at radius 3 is 2.46 bits per heavy atom. The van der Waals surface area contributed by atoms with Crippen molar-refractivity contribution in [3.63, 3.8) is 0 Å². The highest BCUT2D eigenvalue weighted by Crippen LogP contribution is 2.19. The third kappa shape index (κ3) is 4.32. The lowest BCUT2D eigenvalue weighted by Gasteiger charge is -2.28. The highest BCUT2D eigenvalue weighted by atomic mass is 35.5. The Bertz CT molecular complexity index is 824. The molecule has 2 heterocycles. The van der Waals surface area contributed by atoms with Gasteiger partial charge in [-0.15, -0.1) is 0 Å². The van der Waals surface area contributed by atoms with Crippen molar-refractivity contribution >= 4 is 11.6 Å². The Morgan fingerprint density at radius 1 is 1.00 bits per heavy atom. The minimum absolute atomic E-state index is 0.634. The van der Waals surface area contributed by atoms with Crippen LogP contribution in [0, 0.1) is 5.92 Å². The first-order chi connectivity index (χ1) is 12.8. The molecule has 3 aromatic rings. The molecule has 0 bridgehead atoms. The Hall–Kier alpha value is -2.17. The molecule has 4 rings (SSSR count). The predicted octanol–water partition coefficient (Wildman–Crippen LogP) is 3.43. The molecule has 0 saturated carbocycles. The summed E-state index contributed by atoms with van der Waals surface area (Å²) in [7, 11) is 0. The maximum atomic E-state index is 5.93. The van der Waals surface area contributed by atoms with Crippen molar-refractivity contribution in [3.05, 3.63) is 71.1 Å². The molecular weight excluding hydrogens is 346 g/mol. The van der Waals surface area contributed by atoms with Crippen LogP contribution in [0.25, 0.3) is 11.4 Å². The van der Waals surface area contributed by atoms with Crippen molar-refractivity contribution in [1.29, 1.82) is 0 Å². The summed E-state index contributed by atoms with van der Waals surface area (Å²) in [5.41, 5.74) is 2.38. The normalized spacial score (nSPS) is 20.2. The molecule has 2 aromatic carbocycles. The molecule has 1 N–H and O–H groups in total. The Labute approximate surface area is 158 Å². The summed E-state index contributed by atoms with van der Waals surface area (Å²) in [5.74, 6) is 2.13. The fourth-order valence-electron chi connectivity index (χ4n) is 3.67. The van der Waals surface area contributed by atoms with E-state index in [1.807, 2.05) is 24.3 Å². The lowest BCUT2D eigenvalue weighted by Crippen LogP contribution is -3.11. The minimum atomic E-state index is 0.634. The molecule has 0 spiro atoms. The van der Waals surface area contributed by atoms with Gasteiger partial charge in [-0.3, -0.25) is 0 Å². The van der Waals surface area contributed by atoms with E-state index in [9.17, 15) is 0 Å². The predicted molar refractivity (Wildman–Crippen MR) is 102 cm³/mol. The van der Waals surface area contributed by atoms with Crippen LogP contribution in [0.5, 0.6) is 0 Å². The largest absolute Gasteiger partial charge is 0.333 e. The number of nitrogens with one attached hydrogen (secondary N) is 1. The van der Waals surface area contributed by atoms with Crippen LogP contribution in [-0.2, 0) is 13.0 Å². The highest BCUT2D eigenvalue weighted by Gasteiger charge is 2.24. The molecular formula is C21H23ClN3O+. The SMILES string of the molecule is Clc1ccc(-c2noc(C[NH+]3CCC(Cc4ccccc4)CC3)n2)cc1. The van der Waals surface area contributed by atoms with E-state index in [0.29, 0.717) is 16.7 Å². The number of hydrogen-bond donors (Lipinski definition) is 1. The number of rotatable bonds is 5. The Balaban J connectivity index is 1.30.